The second-order valence-corrected chi connectivity index (χ2v) is 5.48. The third-order valence-corrected chi connectivity index (χ3v) is 3.59. The largest absolute Gasteiger partial charge is 0.454 e. The predicted octanol–water partition coefficient (Wildman–Crippen LogP) is 3.51. The Labute approximate surface area is 116 Å². The van der Waals surface area contributed by atoms with E-state index in [1.165, 1.54) is 18.4 Å². The molecule has 1 aliphatic rings. The van der Waals surface area contributed by atoms with E-state index in [2.05, 4.69) is 38.2 Å². The summed E-state index contributed by atoms with van der Waals surface area (Å²) in [5.74, 6) is 1.75. The summed E-state index contributed by atoms with van der Waals surface area (Å²) >= 11 is 0. The number of ether oxygens (including phenoxy) is 2. The minimum atomic E-state index is 0.352. The second-order valence-electron chi connectivity index (χ2n) is 5.48. The first kappa shape index (κ1) is 14.2. The molecule has 0 radical (unpaired) electrons. The van der Waals surface area contributed by atoms with Crippen LogP contribution in [0.2, 0.25) is 0 Å². The summed E-state index contributed by atoms with van der Waals surface area (Å²) in [4.78, 5) is 0. The van der Waals surface area contributed by atoms with Crippen molar-refractivity contribution in [3.8, 4) is 11.5 Å². The zero-order valence-electron chi connectivity index (χ0n) is 12.2. The molecule has 0 aliphatic carbocycles. The van der Waals surface area contributed by atoms with E-state index in [0.29, 0.717) is 18.9 Å². The van der Waals surface area contributed by atoms with Crippen LogP contribution < -0.4 is 14.8 Å². The molecule has 2 unspecified atom stereocenters. The van der Waals surface area contributed by atoms with Gasteiger partial charge in [0, 0.05) is 12.1 Å². The van der Waals surface area contributed by atoms with Gasteiger partial charge in [0.15, 0.2) is 11.5 Å². The van der Waals surface area contributed by atoms with Crippen molar-refractivity contribution in [3.05, 3.63) is 23.8 Å². The highest BCUT2D eigenvalue weighted by atomic mass is 16.7. The van der Waals surface area contributed by atoms with Gasteiger partial charge in [0.25, 0.3) is 0 Å². The lowest BCUT2D eigenvalue weighted by atomic mass is 10.0. The van der Waals surface area contributed by atoms with Crippen LogP contribution in [0, 0.1) is 0 Å². The van der Waals surface area contributed by atoms with E-state index in [0.717, 1.165) is 24.3 Å². The standard InChI is InChI=1S/C16H25NO2/c1-4-5-12(2)17-13(3)6-7-14-8-9-15-16(10-14)19-11-18-15/h8-10,12-13,17H,4-7,11H2,1-3H3. The summed E-state index contributed by atoms with van der Waals surface area (Å²) in [6.07, 6.45) is 4.70. The lowest BCUT2D eigenvalue weighted by molar-refractivity contribution is 0.174. The first-order valence-corrected chi connectivity index (χ1v) is 7.33. The van der Waals surface area contributed by atoms with Crippen molar-refractivity contribution in [3.63, 3.8) is 0 Å². The smallest absolute Gasteiger partial charge is 0.231 e. The number of benzene rings is 1. The van der Waals surface area contributed by atoms with Crippen LogP contribution in [0.3, 0.4) is 0 Å². The van der Waals surface area contributed by atoms with Crippen molar-refractivity contribution in [1.82, 2.24) is 5.32 Å². The number of hydrogen-bond acceptors (Lipinski definition) is 3. The average Bonchev–Trinajstić information content (AvgIpc) is 2.83. The predicted molar refractivity (Wildman–Crippen MR) is 77.9 cm³/mol. The molecule has 3 heteroatoms. The van der Waals surface area contributed by atoms with Gasteiger partial charge in [0.2, 0.25) is 6.79 Å². The van der Waals surface area contributed by atoms with Gasteiger partial charge in [-0.25, -0.2) is 0 Å². The van der Waals surface area contributed by atoms with Gasteiger partial charge in [-0.05, 0) is 50.8 Å². The number of hydrogen-bond donors (Lipinski definition) is 1. The Bertz CT molecular complexity index is 406. The molecule has 0 saturated heterocycles. The van der Waals surface area contributed by atoms with Gasteiger partial charge < -0.3 is 14.8 Å². The van der Waals surface area contributed by atoms with Gasteiger partial charge >= 0.3 is 0 Å². The van der Waals surface area contributed by atoms with Crippen LogP contribution in [-0.4, -0.2) is 18.9 Å². The summed E-state index contributed by atoms with van der Waals surface area (Å²) in [6.45, 7) is 7.11. The van der Waals surface area contributed by atoms with Crippen molar-refractivity contribution in [2.24, 2.45) is 0 Å². The third-order valence-electron chi connectivity index (χ3n) is 3.59. The fourth-order valence-electron chi connectivity index (χ4n) is 2.57. The van der Waals surface area contributed by atoms with E-state index in [1.54, 1.807) is 0 Å². The van der Waals surface area contributed by atoms with Gasteiger partial charge in [0.1, 0.15) is 0 Å². The Kier molecular flexibility index (Phi) is 5.08. The monoisotopic (exact) mass is 263 g/mol. The third kappa shape index (κ3) is 4.13. The molecular weight excluding hydrogens is 238 g/mol. The minimum Gasteiger partial charge on any atom is -0.454 e. The van der Waals surface area contributed by atoms with Gasteiger partial charge in [-0.3, -0.25) is 0 Å². The van der Waals surface area contributed by atoms with Crippen molar-refractivity contribution < 1.29 is 9.47 Å². The van der Waals surface area contributed by atoms with Crippen molar-refractivity contribution >= 4 is 0 Å². The van der Waals surface area contributed by atoms with Crippen LogP contribution in [0.5, 0.6) is 11.5 Å². The van der Waals surface area contributed by atoms with E-state index >= 15 is 0 Å². The molecule has 0 spiro atoms. The van der Waals surface area contributed by atoms with E-state index < -0.39 is 0 Å². The molecule has 0 amide bonds. The Morgan fingerprint density at radius 2 is 1.84 bits per heavy atom. The fourth-order valence-corrected chi connectivity index (χ4v) is 2.57. The first-order chi connectivity index (χ1) is 9.19. The summed E-state index contributed by atoms with van der Waals surface area (Å²) < 4.78 is 10.7. The summed E-state index contributed by atoms with van der Waals surface area (Å²) in [6, 6.07) is 7.40. The minimum absolute atomic E-state index is 0.352. The second kappa shape index (κ2) is 6.80. The van der Waals surface area contributed by atoms with Crippen LogP contribution in [0.4, 0.5) is 0 Å². The topological polar surface area (TPSA) is 30.5 Å². The molecule has 1 N–H and O–H groups in total. The molecule has 106 valence electrons. The molecule has 1 aliphatic heterocycles. The molecule has 1 aromatic rings. The lowest BCUT2D eigenvalue weighted by Gasteiger charge is -2.19. The number of fused-ring (bicyclic) bond motifs is 1. The lowest BCUT2D eigenvalue weighted by Crippen LogP contribution is -2.34. The van der Waals surface area contributed by atoms with Gasteiger partial charge in [-0.2, -0.15) is 0 Å². The van der Waals surface area contributed by atoms with Crippen LogP contribution in [0.15, 0.2) is 18.2 Å². The highest BCUT2D eigenvalue weighted by molar-refractivity contribution is 5.44. The Morgan fingerprint density at radius 3 is 2.63 bits per heavy atom. The van der Waals surface area contributed by atoms with Crippen molar-refractivity contribution in [2.75, 3.05) is 6.79 Å². The molecule has 1 aromatic carbocycles. The maximum Gasteiger partial charge on any atom is 0.231 e. The first-order valence-electron chi connectivity index (χ1n) is 7.33. The molecule has 1 heterocycles. The summed E-state index contributed by atoms with van der Waals surface area (Å²) in [7, 11) is 0. The van der Waals surface area contributed by atoms with E-state index in [4.69, 9.17) is 9.47 Å². The summed E-state index contributed by atoms with van der Waals surface area (Å²) in [5, 5.41) is 3.65. The van der Waals surface area contributed by atoms with Crippen LogP contribution in [0.1, 0.15) is 45.6 Å². The normalized spacial score (nSPS) is 16.4. The highest BCUT2D eigenvalue weighted by Crippen LogP contribution is 2.32. The fraction of sp³-hybridized carbons (Fsp3) is 0.625. The van der Waals surface area contributed by atoms with Gasteiger partial charge in [0.05, 0.1) is 0 Å². The average molecular weight is 263 g/mol. The van der Waals surface area contributed by atoms with Crippen LogP contribution >= 0.6 is 0 Å². The molecular formula is C16H25NO2. The van der Waals surface area contributed by atoms with Gasteiger partial charge in [-0.15, -0.1) is 0 Å². The maximum absolute atomic E-state index is 5.40. The Hall–Kier alpha value is -1.22. The highest BCUT2D eigenvalue weighted by Gasteiger charge is 2.13. The number of rotatable bonds is 7. The molecule has 0 fully saturated rings. The zero-order valence-corrected chi connectivity index (χ0v) is 12.2. The van der Waals surface area contributed by atoms with E-state index in [-0.39, 0.29) is 0 Å². The maximum atomic E-state index is 5.40. The number of aryl methyl sites for hydroxylation is 1. The molecule has 2 atom stereocenters. The molecule has 3 nitrogen and oxygen atoms in total. The quantitative estimate of drug-likeness (QED) is 0.816. The van der Waals surface area contributed by atoms with Gasteiger partial charge in [-0.1, -0.05) is 19.4 Å². The van der Waals surface area contributed by atoms with Crippen LogP contribution in [0.25, 0.3) is 0 Å². The van der Waals surface area contributed by atoms with E-state index in [1.807, 2.05) is 6.07 Å². The Morgan fingerprint density at radius 1 is 1.11 bits per heavy atom. The molecule has 2 rings (SSSR count). The Balaban J connectivity index is 1.78. The molecule has 19 heavy (non-hydrogen) atoms. The SMILES string of the molecule is CCCC(C)NC(C)CCc1ccc2c(c1)OCO2. The summed E-state index contributed by atoms with van der Waals surface area (Å²) in [5.41, 5.74) is 1.32. The number of nitrogens with one attached hydrogen (secondary N) is 1. The molecule has 0 saturated carbocycles. The zero-order chi connectivity index (χ0) is 13.7. The molecule has 0 bridgehead atoms. The van der Waals surface area contributed by atoms with Crippen molar-refractivity contribution in [2.45, 2.75) is 58.5 Å². The van der Waals surface area contributed by atoms with E-state index in [9.17, 15) is 0 Å². The van der Waals surface area contributed by atoms with Crippen LogP contribution in [-0.2, 0) is 6.42 Å². The van der Waals surface area contributed by atoms with Crippen molar-refractivity contribution in [1.29, 1.82) is 0 Å². The molecule has 0 aromatic heterocycles.